The van der Waals surface area contributed by atoms with Crippen molar-refractivity contribution in [3.63, 3.8) is 0 Å². The summed E-state index contributed by atoms with van der Waals surface area (Å²) in [6.07, 6.45) is 0.786. The van der Waals surface area contributed by atoms with Gasteiger partial charge in [0, 0.05) is 35.5 Å². The van der Waals surface area contributed by atoms with E-state index < -0.39 is 0 Å². The third kappa shape index (κ3) is 3.43. The number of nitrogens with one attached hydrogen (secondary N) is 1. The molecule has 0 radical (unpaired) electrons. The van der Waals surface area contributed by atoms with Crippen LogP contribution in [-0.4, -0.2) is 24.8 Å². The average Bonchev–Trinajstić information content (AvgIpc) is 2.61. The first-order valence-corrected chi connectivity index (χ1v) is 8.76. The number of fused-ring (bicyclic) bond motifs is 1. The van der Waals surface area contributed by atoms with Gasteiger partial charge in [0.1, 0.15) is 5.75 Å². The molecule has 0 spiro atoms. The number of ether oxygens (including phenoxy) is 1. The van der Waals surface area contributed by atoms with Crippen molar-refractivity contribution in [2.45, 2.75) is 39.3 Å². The molecule has 0 bridgehead atoms. The third-order valence-corrected chi connectivity index (χ3v) is 4.86. The fourth-order valence-corrected chi connectivity index (χ4v) is 3.59. The van der Waals surface area contributed by atoms with Gasteiger partial charge in [0.15, 0.2) is 5.78 Å². The fourth-order valence-electron chi connectivity index (χ4n) is 3.59. The molecule has 1 aliphatic heterocycles. The number of Topliss-reactive ketones (excluding diaryl/α,β-unsaturated/α-hetero) is 1. The molecular formula is C21H24N2O3. The lowest BCUT2D eigenvalue weighted by molar-refractivity contribution is -0.117. The summed E-state index contributed by atoms with van der Waals surface area (Å²) >= 11 is 0. The maximum Gasteiger partial charge on any atom is 0.224 e. The highest BCUT2D eigenvalue weighted by molar-refractivity contribution is 5.95. The van der Waals surface area contributed by atoms with E-state index in [1.54, 1.807) is 21.0 Å². The lowest BCUT2D eigenvalue weighted by atomic mass is 9.91. The Morgan fingerprint density at radius 2 is 1.81 bits per heavy atom. The second-order valence-corrected chi connectivity index (χ2v) is 6.73. The largest absolute Gasteiger partial charge is 0.497 e. The van der Waals surface area contributed by atoms with E-state index in [1.807, 2.05) is 47.4 Å². The van der Waals surface area contributed by atoms with Crippen LogP contribution in [0.5, 0.6) is 5.75 Å². The molecule has 5 heteroatoms. The first-order valence-electron chi connectivity index (χ1n) is 8.76. The molecule has 2 unspecified atom stereocenters. The number of hydrogen-bond acceptors (Lipinski definition) is 4. The van der Waals surface area contributed by atoms with Crippen LogP contribution in [0.15, 0.2) is 42.5 Å². The second-order valence-electron chi connectivity index (χ2n) is 6.73. The van der Waals surface area contributed by atoms with E-state index in [4.69, 9.17) is 4.74 Å². The van der Waals surface area contributed by atoms with Gasteiger partial charge in [0.25, 0.3) is 0 Å². The Morgan fingerprint density at radius 3 is 2.38 bits per heavy atom. The molecule has 3 rings (SSSR count). The van der Waals surface area contributed by atoms with Crippen LogP contribution in [0, 0.1) is 0 Å². The van der Waals surface area contributed by atoms with Crippen molar-refractivity contribution in [1.82, 2.24) is 0 Å². The predicted molar refractivity (Wildman–Crippen MR) is 103 cm³/mol. The highest BCUT2D eigenvalue weighted by Crippen LogP contribution is 2.40. The maximum atomic E-state index is 12.1. The number of hydrogen-bond donors (Lipinski definition) is 1. The first-order chi connectivity index (χ1) is 12.4. The number of carbonyl (C=O) groups excluding carboxylic acids is 2. The summed E-state index contributed by atoms with van der Waals surface area (Å²) < 4.78 is 5.37. The van der Waals surface area contributed by atoms with E-state index in [2.05, 4.69) is 12.2 Å². The van der Waals surface area contributed by atoms with Gasteiger partial charge in [-0.3, -0.25) is 9.59 Å². The van der Waals surface area contributed by atoms with Gasteiger partial charge < -0.3 is 15.0 Å². The minimum absolute atomic E-state index is 0.0353. The number of carbonyl (C=O) groups is 2. The van der Waals surface area contributed by atoms with E-state index in [-0.39, 0.29) is 23.8 Å². The molecule has 2 aromatic rings. The number of methoxy groups -OCH3 is 1. The summed E-state index contributed by atoms with van der Waals surface area (Å²) in [5.74, 6) is 0.851. The van der Waals surface area contributed by atoms with Gasteiger partial charge in [0.05, 0.1) is 13.2 Å². The van der Waals surface area contributed by atoms with Crippen LogP contribution in [0.25, 0.3) is 0 Å². The van der Waals surface area contributed by atoms with Crippen molar-refractivity contribution >= 4 is 23.1 Å². The van der Waals surface area contributed by atoms with Crippen molar-refractivity contribution in [3.8, 4) is 5.75 Å². The standard InChI is InChI=1S/C21H24N2O3/c1-13-11-20(22-17-7-5-16(6-8-17)14(2)24)19-12-18(26-4)9-10-21(19)23(13)15(3)25/h5-10,12-13,20,22H,11H2,1-4H3. The molecule has 0 saturated heterocycles. The van der Waals surface area contributed by atoms with Crippen LogP contribution >= 0.6 is 0 Å². The Balaban J connectivity index is 1.95. The highest BCUT2D eigenvalue weighted by Gasteiger charge is 2.32. The normalized spacial score (nSPS) is 18.8. The summed E-state index contributed by atoms with van der Waals surface area (Å²) in [5, 5.41) is 3.54. The second kappa shape index (κ2) is 7.20. The topological polar surface area (TPSA) is 58.6 Å². The molecule has 1 N–H and O–H groups in total. The Labute approximate surface area is 154 Å². The SMILES string of the molecule is COc1ccc2c(c1)C(Nc1ccc(C(C)=O)cc1)CC(C)N2C(C)=O. The molecule has 136 valence electrons. The molecule has 0 fully saturated rings. The van der Waals surface area contributed by atoms with Crippen molar-refractivity contribution in [2.24, 2.45) is 0 Å². The van der Waals surface area contributed by atoms with Crippen LogP contribution < -0.4 is 15.0 Å². The van der Waals surface area contributed by atoms with Crippen molar-refractivity contribution in [2.75, 3.05) is 17.3 Å². The molecule has 5 nitrogen and oxygen atoms in total. The number of anilines is 2. The minimum Gasteiger partial charge on any atom is -0.497 e. The molecule has 2 aromatic carbocycles. The van der Waals surface area contributed by atoms with Gasteiger partial charge >= 0.3 is 0 Å². The minimum atomic E-state index is 0.0353. The van der Waals surface area contributed by atoms with E-state index in [9.17, 15) is 9.59 Å². The van der Waals surface area contributed by atoms with Gasteiger partial charge in [-0.2, -0.15) is 0 Å². The zero-order valence-electron chi connectivity index (χ0n) is 15.6. The molecular weight excluding hydrogens is 328 g/mol. The van der Waals surface area contributed by atoms with Gasteiger partial charge in [0.2, 0.25) is 5.91 Å². The number of nitrogens with zero attached hydrogens (tertiary/aromatic N) is 1. The Bertz CT molecular complexity index is 830. The van der Waals surface area contributed by atoms with Gasteiger partial charge in [-0.1, -0.05) is 0 Å². The molecule has 1 aliphatic rings. The molecule has 1 amide bonds. The van der Waals surface area contributed by atoms with Gasteiger partial charge in [-0.15, -0.1) is 0 Å². The molecule has 0 aromatic heterocycles. The van der Waals surface area contributed by atoms with Crippen LogP contribution in [0.3, 0.4) is 0 Å². The number of ketones is 1. The predicted octanol–water partition coefficient (Wildman–Crippen LogP) is 4.20. The number of benzene rings is 2. The zero-order valence-corrected chi connectivity index (χ0v) is 15.6. The highest BCUT2D eigenvalue weighted by atomic mass is 16.5. The summed E-state index contributed by atoms with van der Waals surface area (Å²) in [4.78, 5) is 25.4. The van der Waals surface area contributed by atoms with Gasteiger partial charge in [-0.05, 0) is 62.7 Å². The van der Waals surface area contributed by atoms with Crippen LogP contribution in [0.2, 0.25) is 0 Å². The zero-order chi connectivity index (χ0) is 18.8. The van der Waals surface area contributed by atoms with Crippen LogP contribution in [0.4, 0.5) is 11.4 Å². The van der Waals surface area contributed by atoms with E-state index in [1.165, 1.54) is 0 Å². The van der Waals surface area contributed by atoms with E-state index in [0.717, 1.165) is 29.1 Å². The van der Waals surface area contributed by atoms with Crippen molar-refractivity contribution in [1.29, 1.82) is 0 Å². The Kier molecular flexibility index (Phi) is 4.98. The molecule has 1 heterocycles. The van der Waals surface area contributed by atoms with Crippen LogP contribution in [-0.2, 0) is 4.79 Å². The third-order valence-electron chi connectivity index (χ3n) is 4.86. The Morgan fingerprint density at radius 1 is 1.12 bits per heavy atom. The number of amides is 1. The lowest BCUT2D eigenvalue weighted by Crippen LogP contribution is -2.43. The first kappa shape index (κ1) is 18.0. The monoisotopic (exact) mass is 352 g/mol. The Hall–Kier alpha value is -2.82. The molecule has 0 saturated carbocycles. The summed E-state index contributed by atoms with van der Waals surface area (Å²) in [7, 11) is 1.64. The summed E-state index contributed by atoms with van der Waals surface area (Å²) in [6.45, 7) is 5.21. The number of rotatable bonds is 4. The van der Waals surface area contributed by atoms with E-state index in [0.29, 0.717) is 5.56 Å². The van der Waals surface area contributed by atoms with Crippen LogP contribution in [0.1, 0.15) is 49.2 Å². The quantitative estimate of drug-likeness (QED) is 0.838. The average molecular weight is 352 g/mol. The van der Waals surface area contributed by atoms with Crippen molar-refractivity contribution in [3.05, 3.63) is 53.6 Å². The molecule has 0 aliphatic carbocycles. The summed E-state index contributed by atoms with van der Waals surface area (Å²) in [6, 6.07) is 13.4. The lowest BCUT2D eigenvalue weighted by Gasteiger charge is -2.39. The maximum absolute atomic E-state index is 12.1. The summed E-state index contributed by atoms with van der Waals surface area (Å²) in [5.41, 5.74) is 3.58. The smallest absolute Gasteiger partial charge is 0.224 e. The van der Waals surface area contributed by atoms with E-state index >= 15 is 0 Å². The van der Waals surface area contributed by atoms with Gasteiger partial charge in [-0.25, -0.2) is 0 Å². The fraction of sp³-hybridized carbons (Fsp3) is 0.333. The molecule has 2 atom stereocenters. The van der Waals surface area contributed by atoms with Crippen molar-refractivity contribution < 1.29 is 14.3 Å². The molecule has 26 heavy (non-hydrogen) atoms.